The Labute approximate surface area is 128 Å². The van der Waals surface area contributed by atoms with E-state index in [4.69, 9.17) is 9.31 Å². The Morgan fingerprint density at radius 3 is 2.19 bits per heavy atom. The van der Waals surface area contributed by atoms with E-state index in [0.717, 1.165) is 13.1 Å². The lowest BCUT2D eigenvalue weighted by atomic mass is 9.71. The van der Waals surface area contributed by atoms with Crippen molar-refractivity contribution in [1.29, 1.82) is 0 Å². The molecule has 0 spiro atoms. The van der Waals surface area contributed by atoms with Gasteiger partial charge in [-0.2, -0.15) is 0 Å². The van der Waals surface area contributed by atoms with E-state index in [1.807, 2.05) is 0 Å². The maximum Gasteiger partial charge on any atom is 0.495 e. The first-order chi connectivity index (χ1) is 9.91. The zero-order valence-corrected chi connectivity index (χ0v) is 13.6. The van der Waals surface area contributed by atoms with E-state index in [9.17, 15) is 0 Å². The van der Waals surface area contributed by atoms with Gasteiger partial charge in [0.2, 0.25) is 0 Å². The van der Waals surface area contributed by atoms with Crippen LogP contribution in [0.3, 0.4) is 0 Å². The van der Waals surface area contributed by atoms with Crippen molar-refractivity contribution >= 4 is 12.6 Å². The molecule has 21 heavy (non-hydrogen) atoms. The van der Waals surface area contributed by atoms with E-state index in [-0.39, 0.29) is 18.3 Å². The molecule has 0 aliphatic carbocycles. The van der Waals surface area contributed by atoms with Gasteiger partial charge in [-0.1, -0.05) is 24.3 Å². The smallest absolute Gasteiger partial charge is 0.399 e. The zero-order valence-electron chi connectivity index (χ0n) is 13.6. The standard InChI is InChI=1S/C17H26BNO2/c1-16(2)17(3,4)21-18(20-16)15-8-6-5-7-14(15)13-9-11-19-12-10-13/h5-8,13,19H,9-12H2,1-4H3. The third-order valence-electron chi connectivity index (χ3n) is 5.28. The summed E-state index contributed by atoms with van der Waals surface area (Å²) >= 11 is 0. The molecular weight excluding hydrogens is 261 g/mol. The molecule has 0 aromatic heterocycles. The van der Waals surface area contributed by atoms with Crippen molar-refractivity contribution in [3.05, 3.63) is 29.8 Å². The van der Waals surface area contributed by atoms with E-state index in [0.29, 0.717) is 5.92 Å². The van der Waals surface area contributed by atoms with Crippen molar-refractivity contribution in [3.8, 4) is 0 Å². The van der Waals surface area contributed by atoms with Gasteiger partial charge in [0.15, 0.2) is 0 Å². The van der Waals surface area contributed by atoms with Crippen LogP contribution in [0.25, 0.3) is 0 Å². The highest BCUT2D eigenvalue weighted by Gasteiger charge is 2.52. The summed E-state index contributed by atoms with van der Waals surface area (Å²) in [6.45, 7) is 10.6. The lowest BCUT2D eigenvalue weighted by molar-refractivity contribution is 0.00578. The fourth-order valence-electron chi connectivity index (χ4n) is 3.20. The molecule has 1 N–H and O–H groups in total. The van der Waals surface area contributed by atoms with Crippen LogP contribution in [0.1, 0.15) is 52.0 Å². The summed E-state index contributed by atoms with van der Waals surface area (Å²) in [5, 5.41) is 3.44. The summed E-state index contributed by atoms with van der Waals surface area (Å²) in [6, 6.07) is 8.63. The molecule has 1 aromatic carbocycles. The van der Waals surface area contributed by atoms with Crippen LogP contribution >= 0.6 is 0 Å². The first kappa shape index (κ1) is 15.1. The molecule has 2 aliphatic heterocycles. The molecule has 2 saturated heterocycles. The van der Waals surface area contributed by atoms with Crippen LogP contribution in [0.15, 0.2) is 24.3 Å². The average molecular weight is 287 g/mol. The summed E-state index contributed by atoms with van der Waals surface area (Å²) in [5.74, 6) is 0.612. The molecule has 0 radical (unpaired) electrons. The Kier molecular flexibility index (Phi) is 3.89. The lowest BCUT2D eigenvalue weighted by Gasteiger charge is -2.32. The van der Waals surface area contributed by atoms with Gasteiger partial charge in [0.1, 0.15) is 0 Å². The predicted molar refractivity (Wildman–Crippen MR) is 87.0 cm³/mol. The van der Waals surface area contributed by atoms with Crippen molar-refractivity contribution in [2.45, 2.75) is 57.7 Å². The molecule has 2 heterocycles. The van der Waals surface area contributed by atoms with Crippen LogP contribution in [0, 0.1) is 0 Å². The fourth-order valence-corrected chi connectivity index (χ4v) is 3.20. The van der Waals surface area contributed by atoms with Gasteiger partial charge in [0, 0.05) is 0 Å². The molecule has 4 heteroatoms. The number of benzene rings is 1. The predicted octanol–water partition coefficient (Wildman–Crippen LogP) is 2.45. The number of hydrogen-bond acceptors (Lipinski definition) is 3. The normalized spacial score (nSPS) is 25.2. The fraction of sp³-hybridized carbons (Fsp3) is 0.647. The molecule has 2 aliphatic rings. The summed E-state index contributed by atoms with van der Waals surface area (Å²) in [7, 11) is -0.249. The minimum atomic E-state index is -0.279. The van der Waals surface area contributed by atoms with Gasteiger partial charge in [-0.05, 0) is 70.6 Å². The van der Waals surface area contributed by atoms with Crippen molar-refractivity contribution in [2.75, 3.05) is 13.1 Å². The summed E-state index contributed by atoms with van der Waals surface area (Å²) in [4.78, 5) is 0. The SMILES string of the molecule is CC1(C)OB(c2ccccc2C2CCNCC2)OC1(C)C. The number of piperidine rings is 1. The van der Waals surface area contributed by atoms with E-state index < -0.39 is 0 Å². The van der Waals surface area contributed by atoms with Gasteiger partial charge in [0.25, 0.3) is 0 Å². The van der Waals surface area contributed by atoms with Crippen LogP contribution in [0.5, 0.6) is 0 Å². The third-order valence-corrected chi connectivity index (χ3v) is 5.28. The minimum Gasteiger partial charge on any atom is -0.399 e. The Balaban J connectivity index is 1.89. The number of hydrogen-bond donors (Lipinski definition) is 1. The van der Waals surface area contributed by atoms with Crippen LogP contribution in [0.2, 0.25) is 0 Å². The summed E-state index contributed by atoms with van der Waals surface area (Å²) < 4.78 is 12.5. The van der Waals surface area contributed by atoms with Gasteiger partial charge in [-0.15, -0.1) is 0 Å². The highest BCUT2D eigenvalue weighted by atomic mass is 16.7. The molecule has 3 nitrogen and oxygen atoms in total. The molecule has 114 valence electrons. The number of nitrogens with one attached hydrogen (secondary N) is 1. The van der Waals surface area contributed by atoms with Gasteiger partial charge in [-0.25, -0.2) is 0 Å². The Morgan fingerprint density at radius 1 is 1.00 bits per heavy atom. The second-order valence-corrected chi connectivity index (χ2v) is 7.24. The van der Waals surface area contributed by atoms with Gasteiger partial charge in [-0.3, -0.25) is 0 Å². The Bertz CT molecular complexity index is 493. The highest BCUT2D eigenvalue weighted by Crippen LogP contribution is 2.37. The Morgan fingerprint density at radius 2 is 1.57 bits per heavy atom. The molecule has 0 unspecified atom stereocenters. The van der Waals surface area contributed by atoms with Crippen LogP contribution in [-0.4, -0.2) is 31.4 Å². The zero-order chi connectivity index (χ0) is 15.1. The molecule has 2 fully saturated rings. The third kappa shape index (κ3) is 2.77. The average Bonchev–Trinajstić information content (AvgIpc) is 2.68. The molecule has 0 bridgehead atoms. The monoisotopic (exact) mass is 287 g/mol. The Hall–Kier alpha value is -0.835. The molecule has 0 amide bonds. The summed E-state index contributed by atoms with van der Waals surface area (Å²) in [6.07, 6.45) is 2.38. The van der Waals surface area contributed by atoms with Crippen molar-refractivity contribution in [1.82, 2.24) is 5.32 Å². The van der Waals surface area contributed by atoms with Crippen LogP contribution in [-0.2, 0) is 9.31 Å². The van der Waals surface area contributed by atoms with Crippen molar-refractivity contribution < 1.29 is 9.31 Å². The van der Waals surface area contributed by atoms with Crippen LogP contribution in [0.4, 0.5) is 0 Å². The molecule has 1 aromatic rings. The van der Waals surface area contributed by atoms with E-state index in [1.165, 1.54) is 23.9 Å². The maximum absolute atomic E-state index is 6.24. The van der Waals surface area contributed by atoms with Crippen molar-refractivity contribution in [2.24, 2.45) is 0 Å². The molecular formula is C17H26BNO2. The van der Waals surface area contributed by atoms with E-state index in [2.05, 4.69) is 57.3 Å². The van der Waals surface area contributed by atoms with Gasteiger partial charge in [0.05, 0.1) is 11.2 Å². The van der Waals surface area contributed by atoms with Gasteiger partial charge >= 0.3 is 7.12 Å². The van der Waals surface area contributed by atoms with Crippen LogP contribution < -0.4 is 10.8 Å². The van der Waals surface area contributed by atoms with E-state index in [1.54, 1.807) is 0 Å². The second-order valence-electron chi connectivity index (χ2n) is 7.24. The maximum atomic E-state index is 6.24. The first-order valence-corrected chi connectivity index (χ1v) is 8.06. The minimum absolute atomic E-state index is 0.249. The lowest BCUT2D eigenvalue weighted by Crippen LogP contribution is -2.41. The quantitative estimate of drug-likeness (QED) is 0.848. The first-order valence-electron chi connectivity index (χ1n) is 8.06. The largest absolute Gasteiger partial charge is 0.495 e. The highest BCUT2D eigenvalue weighted by molar-refractivity contribution is 6.62. The van der Waals surface area contributed by atoms with E-state index >= 15 is 0 Å². The molecule has 3 rings (SSSR count). The van der Waals surface area contributed by atoms with Crippen molar-refractivity contribution in [3.63, 3.8) is 0 Å². The van der Waals surface area contributed by atoms with Gasteiger partial charge < -0.3 is 14.6 Å². The topological polar surface area (TPSA) is 30.5 Å². The number of rotatable bonds is 2. The molecule has 0 atom stereocenters. The summed E-state index contributed by atoms with van der Waals surface area (Å²) in [5.41, 5.74) is 2.05. The molecule has 0 saturated carbocycles. The second kappa shape index (κ2) is 5.42.